The molecule has 2 saturated heterocycles. The third-order valence-electron chi connectivity index (χ3n) is 13.1. The average Bonchev–Trinajstić information content (AvgIpc) is 1.14. The van der Waals surface area contributed by atoms with Crippen molar-refractivity contribution < 1.29 is 170 Å². The van der Waals surface area contributed by atoms with Crippen LogP contribution in [0.5, 0.6) is 5.75 Å². The maximum Gasteiger partial charge on any atom is 0.473 e. The lowest BCUT2D eigenvalue weighted by atomic mass is 10.1. The second-order valence-corrected chi connectivity index (χ2v) is 26.1. The maximum atomic E-state index is 13.3. The van der Waals surface area contributed by atoms with E-state index in [1.807, 2.05) is 11.0 Å². The van der Waals surface area contributed by atoms with Crippen molar-refractivity contribution >= 4 is 108 Å². The number of carboxylic acid groups (broad SMARTS) is 2. The van der Waals surface area contributed by atoms with Crippen LogP contribution in [-0.2, 0) is 113 Å². The molecule has 47 heteroatoms. The number of rotatable bonds is 26. The Hall–Kier alpha value is -13.1. The molecule has 644 valence electrons. The number of ether oxygens (including phenoxy) is 4. The number of amides is 11. The number of hydrogen-bond acceptors (Lipinski definition) is 27. The molecule has 5 aromatic carbocycles. The summed E-state index contributed by atoms with van der Waals surface area (Å²) >= 11 is 0. The topological polar surface area (TPSA) is 523 Å². The molecule has 11 N–H and O–H groups in total. The molecule has 2 fully saturated rings. The van der Waals surface area contributed by atoms with E-state index in [4.69, 9.17) is 49.5 Å². The summed E-state index contributed by atoms with van der Waals surface area (Å²) in [4.78, 5) is 209. The van der Waals surface area contributed by atoms with Crippen molar-refractivity contribution in [2.24, 2.45) is 5.73 Å². The van der Waals surface area contributed by atoms with Crippen molar-refractivity contribution in [3.05, 3.63) is 171 Å². The SMILES string of the molecule is CC(C)(C)OC(=O)NOCC(=O)NCc1ccc(C(=O)O)cc1.CC(C)(C)OC(=O)NOCC(=O)NCc1ccc(C(=O)ON2C(=O)CCC2=O)cc1.CC(C)(C)OC(=O)NOCC(=O)Oc1c(F)c(F)c(F)c(F)c1F.Cl.NCc1ccc(C(=O)O)cc1.O=C(CONC(=O)C(F)(F)F)NCc1ccc(C(=O)ON2C(=O)CCC2=O)cc1. The van der Waals surface area contributed by atoms with E-state index in [-0.39, 0.29) is 81.0 Å². The first kappa shape index (κ1) is 101. The number of alkyl halides is 3. The summed E-state index contributed by atoms with van der Waals surface area (Å²) in [5.74, 6) is -25.0. The third-order valence-corrected chi connectivity index (χ3v) is 13.1. The van der Waals surface area contributed by atoms with Gasteiger partial charge >= 0.3 is 60.2 Å². The number of benzene rings is 5. The van der Waals surface area contributed by atoms with Gasteiger partial charge in [0.1, 0.15) is 16.8 Å². The van der Waals surface area contributed by atoms with E-state index in [0.29, 0.717) is 33.4 Å². The molecule has 38 nitrogen and oxygen atoms in total. The number of aromatic carboxylic acids is 2. The minimum Gasteiger partial charge on any atom is -0.478 e. The Morgan fingerprint density at radius 3 is 0.932 bits per heavy atom. The number of carbonyl (C=O) groups is 16. The van der Waals surface area contributed by atoms with Gasteiger partial charge in [-0.05, 0) is 133 Å². The van der Waals surface area contributed by atoms with Crippen molar-refractivity contribution in [2.75, 3.05) is 26.4 Å². The van der Waals surface area contributed by atoms with Crippen LogP contribution in [0, 0.1) is 29.1 Å². The lowest BCUT2D eigenvalue weighted by Gasteiger charge is -2.19. The van der Waals surface area contributed by atoms with Crippen molar-refractivity contribution in [2.45, 2.75) is 137 Å². The Labute approximate surface area is 669 Å². The first-order chi connectivity index (χ1) is 54.5. The van der Waals surface area contributed by atoms with E-state index in [9.17, 15) is 112 Å². The highest BCUT2D eigenvalue weighted by molar-refractivity contribution is 6.04. The summed E-state index contributed by atoms with van der Waals surface area (Å²) in [6.45, 7) is 12.9. The van der Waals surface area contributed by atoms with Crippen molar-refractivity contribution in [1.29, 1.82) is 0 Å². The van der Waals surface area contributed by atoms with E-state index in [2.05, 4.69) is 30.4 Å². The van der Waals surface area contributed by atoms with Crippen LogP contribution in [0.4, 0.5) is 49.5 Å². The van der Waals surface area contributed by atoms with Gasteiger partial charge in [0, 0.05) is 51.9 Å². The highest BCUT2D eigenvalue weighted by Gasteiger charge is 2.40. The first-order valence-corrected chi connectivity index (χ1v) is 33.5. The fourth-order valence-corrected chi connectivity index (χ4v) is 7.82. The minimum atomic E-state index is -5.13. The summed E-state index contributed by atoms with van der Waals surface area (Å²) < 4.78 is 120. The average molecular weight is 1710 g/mol. The lowest BCUT2D eigenvalue weighted by Crippen LogP contribution is -2.39. The van der Waals surface area contributed by atoms with Gasteiger partial charge in [-0.25, -0.2) is 57.0 Å². The fourth-order valence-electron chi connectivity index (χ4n) is 7.82. The number of esters is 1. The van der Waals surface area contributed by atoms with Crippen molar-refractivity contribution in [3.63, 3.8) is 0 Å². The molecule has 0 spiro atoms. The molecule has 0 bridgehead atoms. The Kier molecular flexibility index (Phi) is 40.9. The molecule has 5 aromatic rings. The van der Waals surface area contributed by atoms with Gasteiger partial charge in [0.15, 0.2) is 26.4 Å². The molecule has 0 radical (unpaired) electrons. The molecule has 0 saturated carbocycles. The van der Waals surface area contributed by atoms with Crippen molar-refractivity contribution in [1.82, 2.24) is 48.0 Å². The third kappa shape index (κ3) is 38.4. The van der Waals surface area contributed by atoms with E-state index >= 15 is 0 Å². The number of nitrogens with one attached hydrogen (secondary N) is 7. The number of carbonyl (C=O) groups excluding carboxylic acids is 14. The van der Waals surface area contributed by atoms with Crippen molar-refractivity contribution in [3.8, 4) is 5.75 Å². The number of carboxylic acids is 2. The summed E-state index contributed by atoms with van der Waals surface area (Å²) in [7, 11) is 0. The molecule has 0 aliphatic carbocycles. The molecular formula is C71H79ClF8N10O28. The van der Waals surface area contributed by atoms with Crippen LogP contribution < -0.4 is 48.3 Å². The second kappa shape index (κ2) is 47.7. The largest absolute Gasteiger partial charge is 0.478 e. The number of halogens is 9. The van der Waals surface area contributed by atoms with Gasteiger partial charge in [0.05, 0.1) is 22.3 Å². The van der Waals surface area contributed by atoms with Crippen LogP contribution in [0.25, 0.3) is 0 Å². The van der Waals surface area contributed by atoms with Gasteiger partial charge in [-0.1, -0.05) is 48.5 Å². The highest BCUT2D eigenvalue weighted by atomic mass is 35.5. The Balaban J connectivity index is 0.000000512. The number of hydroxylamine groups is 8. The quantitative estimate of drug-likeness (QED) is 0.00408. The standard InChI is InChI=1S/C19H23N3O8.C16H14F3N3O7.C15H20N2O6.C13H12F5NO5.C8H9NO2.ClH/c1-19(2,3)29-18(27)21-28-11-14(23)20-10-12-4-6-13(7-5-12)17(26)30-22-15(24)8-9-16(22)25;17-16(18,19)15(27)21-28-8-11(23)20-7-9-1-3-10(4-2-9)14(26)29-22-12(24)5-6-13(22)25;1-15(2,3)23-14(21)17-22-9-12(18)16-8-10-4-6-11(7-5-10)13(19)20;1-13(2,3)24-12(21)19-22-4-5(20)23-11-9(17)7(15)6(14)8(16)10(11)18;9-5-6-1-3-7(4-2-6)8(10)11;/h4-7H,8-11H2,1-3H3,(H,20,23)(H,21,27);1-4H,5-8H2,(H,20,23)(H,21,27);4-7H,8-9H2,1-3H3,(H,16,18)(H,17,21)(H,19,20);4H2,1-3H3,(H,19,21);1-4H,5,9H2,(H,10,11);1H. The molecule has 11 amide bonds. The summed E-state index contributed by atoms with van der Waals surface area (Å²) in [6.07, 6.45) is -7.84. The molecule has 0 unspecified atom stereocenters. The Morgan fingerprint density at radius 2 is 0.661 bits per heavy atom. The molecular weight excluding hydrogens is 1630 g/mol. The normalized spacial score (nSPS) is 12.2. The minimum absolute atomic E-state index is 0. The maximum absolute atomic E-state index is 13.3. The van der Waals surface area contributed by atoms with Crippen LogP contribution in [0.3, 0.4) is 0 Å². The molecule has 7 rings (SSSR count). The highest BCUT2D eigenvalue weighted by Crippen LogP contribution is 2.29. The van der Waals surface area contributed by atoms with Gasteiger partial charge in [0.2, 0.25) is 52.6 Å². The summed E-state index contributed by atoms with van der Waals surface area (Å²) in [6, 6.07) is 24.2. The molecule has 2 aliphatic heterocycles. The molecule has 2 heterocycles. The number of nitrogens with two attached hydrogens (primary N) is 1. The monoisotopic (exact) mass is 1710 g/mol. The fraction of sp³-hybridized carbons (Fsp3) is 0.352. The van der Waals surface area contributed by atoms with E-state index in [1.54, 1.807) is 116 Å². The number of hydrogen-bond donors (Lipinski definition) is 10. The predicted molar refractivity (Wildman–Crippen MR) is 381 cm³/mol. The Morgan fingerprint density at radius 1 is 0.398 bits per heavy atom. The predicted octanol–water partition coefficient (Wildman–Crippen LogP) is 6.58. The molecule has 2 aliphatic rings. The zero-order chi connectivity index (χ0) is 88.3. The summed E-state index contributed by atoms with van der Waals surface area (Å²) in [5, 5.41) is 25.6. The van der Waals surface area contributed by atoms with E-state index < -0.39 is 173 Å². The van der Waals surface area contributed by atoms with Crippen LogP contribution >= 0.6 is 12.4 Å². The van der Waals surface area contributed by atoms with Gasteiger partial charge < -0.3 is 60.5 Å². The van der Waals surface area contributed by atoms with Gasteiger partial charge in [-0.15, -0.1) is 22.5 Å². The smallest absolute Gasteiger partial charge is 0.473 e. The molecule has 0 atom stereocenters. The molecule has 118 heavy (non-hydrogen) atoms. The lowest BCUT2D eigenvalue weighted by molar-refractivity contribution is -0.186. The number of imide groups is 2. The summed E-state index contributed by atoms with van der Waals surface area (Å²) in [5.41, 5.74) is 13.4. The number of nitrogens with zero attached hydrogens (tertiary/aromatic N) is 2. The van der Waals surface area contributed by atoms with Gasteiger partial charge in [-0.2, -0.15) is 38.4 Å². The van der Waals surface area contributed by atoms with Crippen LogP contribution in [0.2, 0.25) is 0 Å². The van der Waals surface area contributed by atoms with E-state index in [0.717, 1.165) is 16.6 Å². The Bertz CT molecular complexity index is 4330. The van der Waals surface area contributed by atoms with Crippen LogP contribution in [-0.4, -0.2) is 165 Å². The zero-order valence-corrected chi connectivity index (χ0v) is 64.5. The van der Waals surface area contributed by atoms with E-state index in [1.165, 1.54) is 48.5 Å². The first-order valence-electron chi connectivity index (χ1n) is 33.5. The van der Waals surface area contributed by atoms with Gasteiger partial charge in [-0.3, -0.25) is 57.7 Å². The molecule has 0 aromatic heterocycles. The zero-order valence-electron chi connectivity index (χ0n) is 63.6. The van der Waals surface area contributed by atoms with Crippen LogP contribution in [0.15, 0.2) is 97.1 Å². The van der Waals surface area contributed by atoms with Crippen LogP contribution in [0.1, 0.15) is 152 Å². The second-order valence-electron chi connectivity index (χ2n) is 26.1. The van der Waals surface area contributed by atoms with Gasteiger partial charge in [0.25, 0.3) is 23.6 Å².